The Labute approximate surface area is 148 Å². The number of carbonyl (C=O) groups is 1. The van der Waals surface area contributed by atoms with E-state index in [1.54, 1.807) is 41.6 Å². The van der Waals surface area contributed by atoms with Gasteiger partial charge in [-0.05, 0) is 29.8 Å². The zero-order valence-electron chi connectivity index (χ0n) is 13.6. The predicted molar refractivity (Wildman–Crippen MR) is 91.7 cm³/mol. The van der Waals surface area contributed by atoms with Crippen LogP contribution in [0.2, 0.25) is 0 Å². The van der Waals surface area contributed by atoms with E-state index < -0.39 is 0 Å². The molecule has 128 valence electrons. The molecule has 0 saturated carbocycles. The fourth-order valence-electron chi connectivity index (χ4n) is 2.40. The molecule has 0 fully saturated rings. The molecule has 4 aromatic rings. The van der Waals surface area contributed by atoms with Gasteiger partial charge < -0.3 is 5.32 Å². The first-order chi connectivity index (χ1) is 12.8. The zero-order chi connectivity index (χ0) is 17.8. The van der Waals surface area contributed by atoms with Crippen LogP contribution in [0, 0.1) is 0 Å². The van der Waals surface area contributed by atoms with E-state index in [0.29, 0.717) is 17.9 Å². The minimum Gasteiger partial charge on any atom is -0.348 e. The molecule has 9 nitrogen and oxygen atoms in total. The first-order valence-electron chi connectivity index (χ1n) is 7.82. The number of rotatable bonds is 5. The molecule has 0 aliphatic carbocycles. The average molecular weight is 346 g/mol. The maximum absolute atomic E-state index is 12.4. The Morgan fingerprint density at radius 3 is 2.69 bits per heavy atom. The first-order valence-corrected chi connectivity index (χ1v) is 7.82. The van der Waals surface area contributed by atoms with E-state index in [9.17, 15) is 4.79 Å². The van der Waals surface area contributed by atoms with Crippen molar-refractivity contribution in [2.45, 2.75) is 6.54 Å². The summed E-state index contributed by atoms with van der Waals surface area (Å²) in [6.45, 7) is 0.379. The summed E-state index contributed by atoms with van der Waals surface area (Å²) in [7, 11) is 0. The number of carbonyl (C=O) groups excluding carboxylic acids is 1. The molecule has 0 spiro atoms. The topological polar surface area (TPSA) is 103 Å². The quantitative estimate of drug-likeness (QED) is 0.582. The summed E-state index contributed by atoms with van der Waals surface area (Å²) in [5.74, 6) is 1.07. The fraction of sp³-hybridized carbons (Fsp3) is 0.0588. The van der Waals surface area contributed by atoms with Gasteiger partial charge in [0, 0.05) is 36.9 Å². The number of pyridine rings is 2. The predicted octanol–water partition coefficient (Wildman–Crippen LogP) is 1.17. The van der Waals surface area contributed by atoms with Crippen molar-refractivity contribution >= 4 is 5.91 Å². The highest BCUT2D eigenvalue weighted by molar-refractivity contribution is 5.94. The summed E-state index contributed by atoms with van der Waals surface area (Å²) in [5, 5.41) is 6.91. The van der Waals surface area contributed by atoms with E-state index in [4.69, 9.17) is 0 Å². The lowest BCUT2D eigenvalue weighted by Crippen LogP contribution is -2.23. The lowest BCUT2D eigenvalue weighted by molar-refractivity contribution is 0.0950. The van der Waals surface area contributed by atoms with Gasteiger partial charge >= 0.3 is 0 Å². The number of hydrogen-bond acceptors (Lipinski definition) is 6. The second kappa shape index (κ2) is 6.93. The Bertz CT molecular complexity index is 1010. The molecule has 0 saturated heterocycles. The lowest BCUT2D eigenvalue weighted by Gasteiger charge is -2.08. The summed E-state index contributed by atoms with van der Waals surface area (Å²) >= 11 is 0. The molecule has 0 aliphatic heterocycles. The second-order valence-electron chi connectivity index (χ2n) is 5.42. The van der Waals surface area contributed by atoms with Gasteiger partial charge in [0.25, 0.3) is 5.91 Å². The van der Waals surface area contributed by atoms with Crippen LogP contribution in [-0.2, 0) is 6.54 Å². The fourth-order valence-corrected chi connectivity index (χ4v) is 2.40. The standard InChI is InChI=1S/C17H14N8O/c26-17(14-2-4-21-16(8-14)25-12-19-10-23-25)22-9-13-1-3-20-15(7-13)24-6-5-18-11-24/h1-8,10-12H,9H2,(H,22,26). The molecule has 0 unspecified atom stereocenters. The Morgan fingerprint density at radius 2 is 1.88 bits per heavy atom. The van der Waals surface area contributed by atoms with Crippen LogP contribution in [0.3, 0.4) is 0 Å². The SMILES string of the molecule is O=C(NCc1ccnc(-n2ccnc2)c1)c1ccnc(-n2cncn2)c1. The van der Waals surface area contributed by atoms with E-state index >= 15 is 0 Å². The van der Waals surface area contributed by atoms with E-state index in [2.05, 4.69) is 30.4 Å². The van der Waals surface area contributed by atoms with E-state index in [0.717, 1.165) is 11.4 Å². The number of nitrogens with one attached hydrogen (secondary N) is 1. The lowest BCUT2D eigenvalue weighted by atomic mass is 10.2. The number of imidazole rings is 1. The van der Waals surface area contributed by atoms with E-state index in [-0.39, 0.29) is 5.91 Å². The smallest absolute Gasteiger partial charge is 0.251 e. The van der Waals surface area contributed by atoms with Crippen molar-refractivity contribution in [3.05, 3.63) is 79.2 Å². The third-order valence-electron chi connectivity index (χ3n) is 3.69. The molecule has 4 aromatic heterocycles. The van der Waals surface area contributed by atoms with Gasteiger partial charge in [0.1, 0.15) is 24.8 Å². The van der Waals surface area contributed by atoms with Gasteiger partial charge in [-0.3, -0.25) is 9.36 Å². The van der Waals surface area contributed by atoms with Crippen molar-refractivity contribution in [3.63, 3.8) is 0 Å². The molecule has 0 atom stereocenters. The van der Waals surface area contributed by atoms with Crippen molar-refractivity contribution in [2.24, 2.45) is 0 Å². The van der Waals surface area contributed by atoms with Crippen molar-refractivity contribution < 1.29 is 4.79 Å². The summed E-state index contributed by atoms with van der Waals surface area (Å²) in [6, 6.07) is 7.07. The largest absolute Gasteiger partial charge is 0.348 e. The molecule has 0 bridgehead atoms. The summed E-state index contributed by atoms with van der Waals surface area (Å²) in [6.07, 6.45) is 11.4. The molecule has 0 aliphatic rings. The molecule has 1 amide bonds. The summed E-state index contributed by atoms with van der Waals surface area (Å²) in [5.41, 5.74) is 1.43. The zero-order valence-corrected chi connectivity index (χ0v) is 13.6. The van der Waals surface area contributed by atoms with Crippen molar-refractivity contribution in [3.8, 4) is 11.6 Å². The summed E-state index contributed by atoms with van der Waals surface area (Å²) < 4.78 is 3.30. The van der Waals surface area contributed by atoms with Gasteiger partial charge in [-0.1, -0.05) is 0 Å². The van der Waals surface area contributed by atoms with E-state index in [1.165, 1.54) is 17.3 Å². The normalized spacial score (nSPS) is 10.6. The Kier molecular flexibility index (Phi) is 4.17. The maximum atomic E-state index is 12.4. The number of aromatic nitrogens is 7. The first kappa shape index (κ1) is 15.6. The Balaban J connectivity index is 1.46. The van der Waals surface area contributed by atoms with E-state index in [1.807, 2.05) is 18.3 Å². The van der Waals surface area contributed by atoms with Crippen LogP contribution in [0.4, 0.5) is 0 Å². The van der Waals surface area contributed by atoms with Crippen LogP contribution in [0.1, 0.15) is 15.9 Å². The van der Waals surface area contributed by atoms with Crippen LogP contribution >= 0.6 is 0 Å². The average Bonchev–Trinajstić information content (AvgIpc) is 3.40. The number of nitrogens with zero attached hydrogens (tertiary/aromatic N) is 7. The molecule has 9 heteroatoms. The minimum absolute atomic E-state index is 0.199. The van der Waals surface area contributed by atoms with Crippen molar-refractivity contribution in [1.82, 2.24) is 39.6 Å². The van der Waals surface area contributed by atoms with Crippen molar-refractivity contribution in [1.29, 1.82) is 0 Å². The number of hydrogen-bond donors (Lipinski definition) is 1. The molecule has 26 heavy (non-hydrogen) atoms. The molecule has 4 rings (SSSR count). The molecular weight excluding hydrogens is 332 g/mol. The van der Waals surface area contributed by atoms with Gasteiger partial charge in [-0.25, -0.2) is 24.6 Å². The Hall–Kier alpha value is -3.88. The van der Waals surface area contributed by atoms with Gasteiger partial charge in [-0.2, -0.15) is 5.10 Å². The van der Waals surface area contributed by atoms with Crippen LogP contribution in [0.25, 0.3) is 11.6 Å². The highest BCUT2D eigenvalue weighted by atomic mass is 16.1. The third-order valence-corrected chi connectivity index (χ3v) is 3.69. The van der Waals surface area contributed by atoms with Crippen molar-refractivity contribution in [2.75, 3.05) is 0 Å². The van der Waals surface area contributed by atoms with Crippen LogP contribution in [-0.4, -0.2) is 40.2 Å². The highest BCUT2D eigenvalue weighted by Gasteiger charge is 2.09. The molecular formula is C17H14N8O. The molecule has 1 N–H and O–H groups in total. The summed E-state index contributed by atoms with van der Waals surface area (Å²) in [4.78, 5) is 28.8. The second-order valence-corrected chi connectivity index (χ2v) is 5.42. The molecule has 4 heterocycles. The van der Waals surface area contributed by atoms with Gasteiger partial charge in [0.15, 0.2) is 5.82 Å². The molecule has 0 radical (unpaired) electrons. The third kappa shape index (κ3) is 3.31. The number of amides is 1. The van der Waals surface area contributed by atoms with Gasteiger partial charge in [0.2, 0.25) is 0 Å². The van der Waals surface area contributed by atoms with Crippen LogP contribution in [0.15, 0.2) is 68.0 Å². The monoisotopic (exact) mass is 346 g/mol. The van der Waals surface area contributed by atoms with Gasteiger partial charge in [0.05, 0.1) is 0 Å². The van der Waals surface area contributed by atoms with Crippen LogP contribution < -0.4 is 5.32 Å². The van der Waals surface area contributed by atoms with Crippen LogP contribution in [0.5, 0.6) is 0 Å². The maximum Gasteiger partial charge on any atom is 0.251 e. The Morgan fingerprint density at radius 1 is 1.00 bits per heavy atom. The highest BCUT2D eigenvalue weighted by Crippen LogP contribution is 2.08. The molecule has 0 aromatic carbocycles. The minimum atomic E-state index is -0.199. The van der Waals surface area contributed by atoms with Gasteiger partial charge in [-0.15, -0.1) is 0 Å².